The lowest BCUT2D eigenvalue weighted by Gasteiger charge is -2.20. The molecule has 0 aliphatic carbocycles. The number of nitrogens with zero attached hydrogens (tertiary/aromatic N) is 1. The van der Waals surface area contributed by atoms with E-state index in [0.717, 1.165) is 15.5 Å². The number of anilines is 1. The average Bonchev–Trinajstić information content (AvgIpc) is 2.60. The van der Waals surface area contributed by atoms with Crippen LogP contribution in [0.1, 0.15) is 0 Å². The number of carbonyl (C=O) groups excluding carboxylic acids is 2. The zero-order chi connectivity index (χ0) is 16.8. The van der Waals surface area contributed by atoms with Gasteiger partial charge in [0.05, 0.1) is 11.4 Å². The first-order valence-corrected chi connectivity index (χ1v) is 9.28. The van der Waals surface area contributed by atoms with Gasteiger partial charge in [0, 0.05) is 16.0 Å². The van der Waals surface area contributed by atoms with E-state index in [0.29, 0.717) is 5.75 Å². The van der Waals surface area contributed by atoms with Crippen molar-refractivity contribution >= 4 is 41.0 Å². The highest BCUT2D eigenvalue weighted by atomic mass is 32.2. The summed E-state index contributed by atoms with van der Waals surface area (Å²) in [6, 6.07) is 17.6. The predicted octanol–water partition coefficient (Wildman–Crippen LogP) is 3.82. The van der Waals surface area contributed by atoms with Gasteiger partial charge in [0.2, 0.25) is 11.8 Å². The molecule has 0 atom stereocenters. The zero-order valence-electron chi connectivity index (χ0n) is 12.8. The van der Waals surface area contributed by atoms with Gasteiger partial charge in [-0.2, -0.15) is 0 Å². The van der Waals surface area contributed by atoms with Gasteiger partial charge in [-0.15, -0.1) is 11.8 Å². The number of amides is 2. The quantitative estimate of drug-likeness (QED) is 0.885. The van der Waals surface area contributed by atoms with Crippen LogP contribution in [0.3, 0.4) is 0 Å². The van der Waals surface area contributed by atoms with Crippen molar-refractivity contribution in [2.24, 2.45) is 0 Å². The predicted molar refractivity (Wildman–Crippen MR) is 98.9 cm³/mol. The molecule has 1 aliphatic rings. The van der Waals surface area contributed by atoms with Gasteiger partial charge in [0.15, 0.2) is 0 Å². The first-order valence-electron chi connectivity index (χ1n) is 7.42. The second-order valence-corrected chi connectivity index (χ2v) is 7.09. The Morgan fingerprint density at radius 2 is 1.88 bits per heavy atom. The van der Waals surface area contributed by atoms with Crippen LogP contribution in [0.4, 0.5) is 5.69 Å². The molecule has 0 saturated carbocycles. The summed E-state index contributed by atoms with van der Waals surface area (Å²) in [5.41, 5.74) is 0.749. The molecule has 0 bridgehead atoms. The Balaban J connectivity index is 1.68. The van der Waals surface area contributed by atoms with E-state index in [1.165, 1.54) is 16.7 Å². The minimum Gasteiger partial charge on any atom is -0.324 e. The van der Waals surface area contributed by atoms with Crippen molar-refractivity contribution in [3.63, 3.8) is 0 Å². The lowest BCUT2D eigenvalue weighted by molar-refractivity contribution is -0.129. The first-order chi connectivity index (χ1) is 11.7. The van der Waals surface area contributed by atoms with Crippen LogP contribution in [0, 0.1) is 0 Å². The Kier molecular flexibility index (Phi) is 5.61. The van der Waals surface area contributed by atoms with Gasteiger partial charge in [0.1, 0.15) is 6.54 Å². The van der Waals surface area contributed by atoms with E-state index in [9.17, 15) is 9.59 Å². The van der Waals surface area contributed by atoms with Crippen LogP contribution in [0.5, 0.6) is 0 Å². The normalized spacial score (nSPS) is 13.8. The SMILES string of the molecule is O=C(CN1C=CSCC1=O)Nc1ccccc1Sc1ccccc1. The molecule has 2 aromatic rings. The highest BCUT2D eigenvalue weighted by Crippen LogP contribution is 2.33. The van der Waals surface area contributed by atoms with E-state index < -0.39 is 0 Å². The van der Waals surface area contributed by atoms with Crippen molar-refractivity contribution in [1.29, 1.82) is 0 Å². The van der Waals surface area contributed by atoms with Gasteiger partial charge < -0.3 is 10.2 Å². The molecule has 2 amide bonds. The summed E-state index contributed by atoms with van der Waals surface area (Å²) >= 11 is 3.02. The van der Waals surface area contributed by atoms with Gasteiger partial charge in [-0.25, -0.2) is 0 Å². The highest BCUT2D eigenvalue weighted by molar-refractivity contribution is 8.02. The Labute approximate surface area is 149 Å². The van der Waals surface area contributed by atoms with E-state index in [4.69, 9.17) is 0 Å². The largest absolute Gasteiger partial charge is 0.324 e. The molecule has 0 unspecified atom stereocenters. The topological polar surface area (TPSA) is 49.4 Å². The van der Waals surface area contributed by atoms with Crippen LogP contribution >= 0.6 is 23.5 Å². The van der Waals surface area contributed by atoms with E-state index in [-0.39, 0.29) is 18.4 Å². The molecule has 24 heavy (non-hydrogen) atoms. The second kappa shape index (κ2) is 8.08. The maximum absolute atomic E-state index is 12.3. The van der Waals surface area contributed by atoms with Gasteiger partial charge in [-0.05, 0) is 29.7 Å². The third kappa shape index (κ3) is 4.43. The fourth-order valence-electron chi connectivity index (χ4n) is 2.16. The molecular formula is C18H16N2O2S2. The minimum absolute atomic E-state index is 0.0280. The van der Waals surface area contributed by atoms with Crippen molar-refractivity contribution < 1.29 is 9.59 Å². The lowest BCUT2D eigenvalue weighted by Crippen LogP contribution is -2.36. The van der Waals surface area contributed by atoms with Crippen molar-refractivity contribution in [2.75, 3.05) is 17.6 Å². The van der Waals surface area contributed by atoms with E-state index in [1.54, 1.807) is 18.0 Å². The van der Waals surface area contributed by atoms with Gasteiger partial charge in [0.25, 0.3) is 0 Å². The Hall–Kier alpha value is -2.18. The van der Waals surface area contributed by atoms with Gasteiger partial charge in [-0.3, -0.25) is 9.59 Å². The third-order valence-electron chi connectivity index (χ3n) is 3.31. The molecule has 1 aliphatic heterocycles. The summed E-state index contributed by atoms with van der Waals surface area (Å²) in [6.07, 6.45) is 1.65. The number of hydrogen-bond donors (Lipinski definition) is 1. The maximum atomic E-state index is 12.3. The molecular weight excluding hydrogens is 340 g/mol. The highest BCUT2D eigenvalue weighted by Gasteiger charge is 2.18. The summed E-state index contributed by atoms with van der Waals surface area (Å²) in [4.78, 5) is 27.5. The standard InChI is InChI=1S/C18H16N2O2S2/c21-17(12-20-10-11-23-13-18(20)22)19-15-8-4-5-9-16(15)24-14-6-2-1-3-7-14/h1-11H,12-13H2,(H,19,21). The fraction of sp³-hybridized carbons (Fsp3) is 0.111. The average molecular weight is 356 g/mol. The Morgan fingerprint density at radius 3 is 2.67 bits per heavy atom. The number of thioether (sulfide) groups is 1. The minimum atomic E-state index is -0.207. The van der Waals surface area contributed by atoms with Gasteiger partial charge in [-0.1, -0.05) is 42.1 Å². The molecule has 0 fully saturated rings. The monoisotopic (exact) mass is 356 g/mol. The van der Waals surface area contributed by atoms with Crippen LogP contribution < -0.4 is 5.32 Å². The molecule has 1 N–H and O–H groups in total. The van der Waals surface area contributed by atoms with Crippen molar-refractivity contribution in [3.8, 4) is 0 Å². The number of hydrogen-bond acceptors (Lipinski definition) is 4. The fourth-order valence-corrected chi connectivity index (χ4v) is 3.72. The molecule has 0 spiro atoms. The van der Waals surface area contributed by atoms with Crippen molar-refractivity contribution in [1.82, 2.24) is 4.90 Å². The summed E-state index contributed by atoms with van der Waals surface area (Å²) in [5, 5.41) is 4.73. The van der Waals surface area contributed by atoms with Crippen LogP contribution in [0.25, 0.3) is 0 Å². The van der Waals surface area contributed by atoms with E-state index in [1.807, 2.05) is 60.0 Å². The molecule has 3 rings (SSSR count). The summed E-state index contributed by atoms with van der Waals surface area (Å²) in [6.45, 7) is 0.0280. The smallest absolute Gasteiger partial charge is 0.244 e. The second-order valence-electron chi connectivity index (χ2n) is 5.08. The molecule has 122 valence electrons. The number of para-hydroxylation sites is 1. The molecule has 4 nitrogen and oxygen atoms in total. The number of rotatable bonds is 5. The molecule has 6 heteroatoms. The molecule has 0 radical (unpaired) electrons. The van der Waals surface area contributed by atoms with Crippen LogP contribution in [-0.2, 0) is 9.59 Å². The summed E-state index contributed by atoms with van der Waals surface area (Å²) in [5.74, 6) is 0.120. The summed E-state index contributed by atoms with van der Waals surface area (Å²) < 4.78 is 0. The van der Waals surface area contributed by atoms with Crippen LogP contribution in [0.2, 0.25) is 0 Å². The number of carbonyl (C=O) groups is 2. The van der Waals surface area contributed by atoms with Crippen molar-refractivity contribution in [3.05, 3.63) is 66.2 Å². The Bertz CT molecular complexity index is 763. The zero-order valence-corrected chi connectivity index (χ0v) is 14.5. The maximum Gasteiger partial charge on any atom is 0.244 e. The molecule has 0 saturated heterocycles. The molecule has 2 aromatic carbocycles. The summed E-state index contributed by atoms with van der Waals surface area (Å²) in [7, 11) is 0. The number of nitrogens with one attached hydrogen (secondary N) is 1. The van der Waals surface area contributed by atoms with Crippen molar-refractivity contribution in [2.45, 2.75) is 9.79 Å². The third-order valence-corrected chi connectivity index (χ3v) is 5.12. The molecule has 0 aromatic heterocycles. The van der Waals surface area contributed by atoms with E-state index >= 15 is 0 Å². The van der Waals surface area contributed by atoms with Crippen LogP contribution in [0.15, 0.2) is 76.0 Å². The van der Waals surface area contributed by atoms with Gasteiger partial charge >= 0.3 is 0 Å². The first kappa shape index (κ1) is 16.7. The lowest BCUT2D eigenvalue weighted by atomic mass is 10.3. The Morgan fingerprint density at radius 1 is 1.12 bits per heavy atom. The van der Waals surface area contributed by atoms with E-state index in [2.05, 4.69) is 5.32 Å². The van der Waals surface area contributed by atoms with Crippen LogP contribution in [-0.4, -0.2) is 29.0 Å². The number of benzene rings is 2. The molecule has 1 heterocycles.